The summed E-state index contributed by atoms with van der Waals surface area (Å²) in [6.45, 7) is 6.06. The molecule has 5 heteroatoms. The molecule has 120 valence electrons. The third kappa shape index (κ3) is 3.59. The lowest BCUT2D eigenvalue weighted by Gasteiger charge is -2.29. The Morgan fingerprint density at radius 3 is 2.77 bits per heavy atom. The second kappa shape index (κ2) is 6.67. The Hall–Kier alpha value is -1.59. The van der Waals surface area contributed by atoms with E-state index in [9.17, 15) is 4.79 Å². The Morgan fingerprint density at radius 1 is 1.23 bits per heavy atom. The van der Waals surface area contributed by atoms with Crippen LogP contribution in [0.3, 0.4) is 0 Å². The quantitative estimate of drug-likeness (QED) is 0.840. The molecule has 2 heterocycles. The molecule has 2 bridgehead atoms. The fourth-order valence-electron chi connectivity index (χ4n) is 3.12. The summed E-state index contributed by atoms with van der Waals surface area (Å²) in [5.41, 5.74) is 1.18. The van der Waals surface area contributed by atoms with E-state index in [1.54, 1.807) is 0 Å². The molecule has 0 N–H and O–H groups in total. The number of benzene rings is 1. The van der Waals surface area contributed by atoms with Crippen molar-refractivity contribution in [2.45, 2.75) is 13.0 Å². The number of hydrogen-bond acceptors (Lipinski definition) is 4. The van der Waals surface area contributed by atoms with Crippen molar-refractivity contribution in [2.24, 2.45) is 5.92 Å². The Morgan fingerprint density at radius 2 is 2.00 bits per heavy atom. The molecule has 5 nitrogen and oxygen atoms in total. The smallest absolute Gasteiger partial charge is 0.260 e. The molecule has 0 saturated carbocycles. The monoisotopic (exact) mass is 304 g/mol. The first-order valence-electron chi connectivity index (χ1n) is 7.87. The van der Waals surface area contributed by atoms with E-state index in [-0.39, 0.29) is 18.6 Å². The number of fused-ring (bicyclic) bond motifs is 3. The van der Waals surface area contributed by atoms with Crippen LogP contribution in [-0.4, -0.2) is 68.3 Å². The van der Waals surface area contributed by atoms with Crippen molar-refractivity contribution in [3.05, 3.63) is 29.8 Å². The largest absolute Gasteiger partial charge is 0.484 e. The van der Waals surface area contributed by atoms with Crippen LogP contribution in [0.2, 0.25) is 0 Å². The Kier molecular flexibility index (Phi) is 4.64. The van der Waals surface area contributed by atoms with Gasteiger partial charge in [0.05, 0.1) is 19.3 Å². The van der Waals surface area contributed by atoms with Crippen molar-refractivity contribution in [1.29, 1.82) is 0 Å². The van der Waals surface area contributed by atoms with E-state index >= 15 is 0 Å². The van der Waals surface area contributed by atoms with Gasteiger partial charge in [-0.05, 0) is 26.1 Å². The first-order valence-corrected chi connectivity index (χ1v) is 7.87. The second-order valence-electron chi connectivity index (χ2n) is 6.40. The Labute approximate surface area is 131 Å². The molecule has 0 aromatic heterocycles. The standard InChI is InChI=1S/C17H24N2O3/c1-13-3-5-16(6-4-13)22-12-17(20)19-8-14-7-18(2)15(9-19)11-21-10-14/h3-6,14-15H,7-12H2,1-2H3/t14-,15+/m1/s1. The van der Waals surface area contributed by atoms with Crippen LogP contribution in [0.5, 0.6) is 5.75 Å². The molecule has 22 heavy (non-hydrogen) atoms. The fraction of sp³-hybridized carbons (Fsp3) is 0.588. The van der Waals surface area contributed by atoms with Crippen molar-refractivity contribution >= 4 is 5.91 Å². The lowest BCUT2D eigenvalue weighted by molar-refractivity contribution is -0.135. The highest BCUT2D eigenvalue weighted by atomic mass is 16.5. The lowest BCUT2D eigenvalue weighted by Crippen LogP contribution is -2.46. The van der Waals surface area contributed by atoms with Crippen LogP contribution in [0.25, 0.3) is 0 Å². The highest BCUT2D eigenvalue weighted by Gasteiger charge is 2.33. The van der Waals surface area contributed by atoms with Gasteiger partial charge >= 0.3 is 0 Å². The third-order valence-electron chi connectivity index (χ3n) is 4.48. The molecule has 0 radical (unpaired) electrons. The first kappa shape index (κ1) is 15.3. The van der Waals surface area contributed by atoms with Gasteiger partial charge in [0.2, 0.25) is 0 Å². The summed E-state index contributed by atoms with van der Waals surface area (Å²) in [4.78, 5) is 16.7. The van der Waals surface area contributed by atoms with Crippen LogP contribution in [0.1, 0.15) is 5.56 Å². The molecule has 2 atom stereocenters. The molecule has 1 aromatic carbocycles. The minimum Gasteiger partial charge on any atom is -0.484 e. The van der Waals surface area contributed by atoms with E-state index in [1.807, 2.05) is 36.1 Å². The number of carbonyl (C=O) groups is 1. The molecule has 2 aliphatic rings. The summed E-state index contributed by atoms with van der Waals surface area (Å²) in [6.07, 6.45) is 0. The fourth-order valence-corrected chi connectivity index (χ4v) is 3.12. The van der Waals surface area contributed by atoms with Gasteiger partial charge in [0.25, 0.3) is 5.91 Å². The van der Waals surface area contributed by atoms with Crippen LogP contribution in [0.4, 0.5) is 0 Å². The maximum Gasteiger partial charge on any atom is 0.260 e. The summed E-state index contributed by atoms with van der Waals surface area (Å²) in [6, 6.07) is 8.07. The predicted molar refractivity (Wildman–Crippen MR) is 84.0 cm³/mol. The van der Waals surface area contributed by atoms with Gasteiger partial charge in [0, 0.05) is 25.6 Å². The lowest BCUT2D eigenvalue weighted by atomic mass is 10.1. The van der Waals surface area contributed by atoms with Gasteiger partial charge in [-0.1, -0.05) is 17.7 Å². The first-order chi connectivity index (χ1) is 10.6. The number of hydrogen-bond donors (Lipinski definition) is 0. The zero-order valence-corrected chi connectivity index (χ0v) is 13.3. The Balaban J connectivity index is 1.58. The molecule has 0 spiro atoms. The number of amides is 1. The van der Waals surface area contributed by atoms with Gasteiger partial charge < -0.3 is 14.4 Å². The summed E-state index contributed by atoms with van der Waals surface area (Å²) in [5.74, 6) is 1.20. The molecule has 2 aliphatic heterocycles. The van der Waals surface area contributed by atoms with E-state index in [0.29, 0.717) is 12.5 Å². The number of rotatable bonds is 3. The zero-order chi connectivity index (χ0) is 15.5. The summed E-state index contributed by atoms with van der Waals surface area (Å²) >= 11 is 0. The predicted octanol–water partition coefficient (Wildman–Crippen LogP) is 1.16. The number of nitrogens with zero attached hydrogens (tertiary/aromatic N) is 2. The third-order valence-corrected chi connectivity index (χ3v) is 4.48. The highest BCUT2D eigenvalue weighted by Crippen LogP contribution is 2.18. The number of ether oxygens (including phenoxy) is 2. The number of aryl methyl sites for hydroxylation is 1. The maximum atomic E-state index is 12.5. The SMILES string of the molecule is Cc1ccc(OCC(=O)N2C[C@@H]3COC[C@H](C2)N(C)C3)cc1. The van der Waals surface area contributed by atoms with E-state index in [2.05, 4.69) is 11.9 Å². The van der Waals surface area contributed by atoms with Crippen molar-refractivity contribution in [1.82, 2.24) is 9.80 Å². The molecule has 2 saturated heterocycles. The van der Waals surface area contributed by atoms with Gasteiger partial charge in [-0.15, -0.1) is 0 Å². The zero-order valence-electron chi connectivity index (χ0n) is 13.3. The normalized spacial score (nSPS) is 25.6. The van der Waals surface area contributed by atoms with Crippen LogP contribution in [0, 0.1) is 12.8 Å². The Bertz CT molecular complexity index is 517. The van der Waals surface area contributed by atoms with Gasteiger partial charge in [0.15, 0.2) is 6.61 Å². The van der Waals surface area contributed by atoms with E-state index in [1.165, 1.54) is 5.56 Å². The molecule has 0 aliphatic carbocycles. The van der Waals surface area contributed by atoms with Crippen molar-refractivity contribution < 1.29 is 14.3 Å². The van der Waals surface area contributed by atoms with E-state index < -0.39 is 0 Å². The number of likely N-dealkylation sites (N-methyl/N-ethyl adjacent to an activating group) is 1. The van der Waals surface area contributed by atoms with Gasteiger partial charge in [-0.3, -0.25) is 9.69 Å². The topological polar surface area (TPSA) is 42.0 Å². The minimum absolute atomic E-state index is 0.0628. The van der Waals surface area contributed by atoms with Crippen molar-refractivity contribution in [2.75, 3.05) is 46.5 Å². The molecular weight excluding hydrogens is 280 g/mol. The number of carbonyl (C=O) groups excluding carboxylic acids is 1. The average molecular weight is 304 g/mol. The molecule has 3 rings (SSSR count). The van der Waals surface area contributed by atoms with E-state index in [4.69, 9.17) is 9.47 Å². The average Bonchev–Trinajstić information content (AvgIpc) is 2.75. The van der Waals surface area contributed by atoms with Crippen LogP contribution < -0.4 is 4.74 Å². The molecule has 0 unspecified atom stereocenters. The van der Waals surface area contributed by atoms with Crippen molar-refractivity contribution in [3.8, 4) is 5.75 Å². The minimum atomic E-state index is 0.0628. The van der Waals surface area contributed by atoms with Gasteiger partial charge in [-0.25, -0.2) is 0 Å². The van der Waals surface area contributed by atoms with Crippen LogP contribution in [0.15, 0.2) is 24.3 Å². The van der Waals surface area contributed by atoms with Crippen LogP contribution >= 0.6 is 0 Å². The highest BCUT2D eigenvalue weighted by molar-refractivity contribution is 5.78. The van der Waals surface area contributed by atoms with E-state index in [0.717, 1.165) is 32.0 Å². The summed E-state index contributed by atoms with van der Waals surface area (Å²) in [5, 5.41) is 0. The summed E-state index contributed by atoms with van der Waals surface area (Å²) < 4.78 is 11.3. The second-order valence-corrected chi connectivity index (χ2v) is 6.40. The van der Waals surface area contributed by atoms with Crippen molar-refractivity contribution in [3.63, 3.8) is 0 Å². The summed E-state index contributed by atoms with van der Waals surface area (Å²) in [7, 11) is 2.11. The van der Waals surface area contributed by atoms with Gasteiger partial charge in [-0.2, -0.15) is 0 Å². The van der Waals surface area contributed by atoms with Crippen LogP contribution in [-0.2, 0) is 9.53 Å². The molecular formula is C17H24N2O3. The van der Waals surface area contributed by atoms with Gasteiger partial charge in [0.1, 0.15) is 5.75 Å². The molecule has 1 aromatic rings. The molecule has 1 amide bonds. The maximum absolute atomic E-state index is 12.5. The molecule has 2 fully saturated rings.